The van der Waals surface area contributed by atoms with E-state index in [1.54, 1.807) is 18.7 Å². The van der Waals surface area contributed by atoms with E-state index in [9.17, 15) is 9.59 Å². The summed E-state index contributed by atoms with van der Waals surface area (Å²) in [7, 11) is 0. The quantitative estimate of drug-likeness (QED) is 0.813. The lowest BCUT2D eigenvalue weighted by atomic mass is 10.1. The van der Waals surface area contributed by atoms with E-state index >= 15 is 0 Å². The molecule has 2 unspecified atom stereocenters. The molecule has 0 saturated carbocycles. The van der Waals surface area contributed by atoms with Gasteiger partial charge < -0.3 is 19.7 Å². The van der Waals surface area contributed by atoms with Gasteiger partial charge in [0.15, 0.2) is 0 Å². The Kier molecular flexibility index (Phi) is 7.40. The molecule has 1 aliphatic rings. The predicted octanol–water partition coefficient (Wildman–Crippen LogP) is 1.59. The first-order valence-electron chi connectivity index (χ1n) is 8.81. The summed E-state index contributed by atoms with van der Waals surface area (Å²) in [6, 6.07) is 9.08. The van der Waals surface area contributed by atoms with Crippen molar-refractivity contribution in [3.05, 3.63) is 35.9 Å². The third-order valence-electron chi connectivity index (χ3n) is 4.24. The van der Waals surface area contributed by atoms with Crippen molar-refractivity contribution < 1.29 is 19.1 Å². The number of ether oxygens (including phenoxy) is 2. The maximum absolute atomic E-state index is 12.9. The lowest BCUT2D eigenvalue weighted by Gasteiger charge is -2.33. The maximum atomic E-state index is 12.9. The number of nitrogens with zero attached hydrogens (tertiary/aromatic N) is 1. The number of hydrogen-bond donors (Lipinski definition) is 1. The summed E-state index contributed by atoms with van der Waals surface area (Å²) in [4.78, 5) is 26.8. The molecular formula is C19H28N2O4. The van der Waals surface area contributed by atoms with Gasteiger partial charge in [0.2, 0.25) is 11.8 Å². The number of nitrogens with one attached hydrogen (secondary N) is 1. The number of hydrogen-bond acceptors (Lipinski definition) is 4. The summed E-state index contributed by atoms with van der Waals surface area (Å²) in [6.45, 7) is 7.96. The number of benzene rings is 1. The van der Waals surface area contributed by atoms with Gasteiger partial charge in [0.05, 0.1) is 25.9 Å². The average molecular weight is 348 g/mol. The van der Waals surface area contributed by atoms with Gasteiger partial charge in [0, 0.05) is 19.0 Å². The zero-order valence-electron chi connectivity index (χ0n) is 15.2. The standard InChI is InChI=1S/C19H28N2O4/c1-14(2)18(22)20-17(19(23)21-9-11-24-12-10-21)15(3)25-13-16-7-5-4-6-8-16/h4-8,14-15,17H,9-13H2,1-3H3,(H,20,22). The molecule has 1 saturated heterocycles. The van der Waals surface area contributed by atoms with Crippen LogP contribution in [-0.2, 0) is 25.7 Å². The average Bonchev–Trinajstić information content (AvgIpc) is 2.64. The molecule has 2 amide bonds. The highest BCUT2D eigenvalue weighted by Crippen LogP contribution is 2.11. The summed E-state index contributed by atoms with van der Waals surface area (Å²) in [5.74, 6) is -0.457. The maximum Gasteiger partial charge on any atom is 0.248 e. The topological polar surface area (TPSA) is 67.9 Å². The van der Waals surface area contributed by atoms with Gasteiger partial charge in [-0.1, -0.05) is 44.2 Å². The molecule has 1 aromatic rings. The van der Waals surface area contributed by atoms with Crippen molar-refractivity contribution in [2.24, 2.45) is 5.92 Å². The van der Waals surface area contributed by atoms with Crippen LogP contribution in [0.1, 0.15) is 26.3 Å². The molecule has 0 spiro atoms. The van der Waals surface area contributed by atoms with E-state index < -0.39 is 12.1 Å². The minimum Gasteiger partial charge on any atom is -0.378 e. The highest BCUT2D eigenvalue weighted by atomic mass is 16.5. The van der Waals surface area contributed by atoms with Crippen molar-refractivity contribution in [2.45, 2.75) is 39.5 Å². The molecule has 0 aromatic heterocycles. The molecule has 6 nitrogen and oxygen atoms in total. The Morgan fingerprint density at radius 1 is 1.16 bits per heavy atom. The Morgan fingerprint density at radius 3 is 2.40 bits per heavy atom. The largest absolute Gasteiger partial charge is 0.378 e. The fourth-order valence-corrected chi connectivity index (χ4v) is 2.58. The van der Waals surface area contributed by atoms with E-state index in [-0.39, 0.29) is 17.7 Å². The number of amides is 2. The second-order valence-corrected chi connectivity index (χ2v) is 6.58. The molecule has 1 heterocycles. The first kappa shape index (κ1) is 19.4. The van der Waals surface area contributed by atoms with Crippen molar-refractivity contribution in [3.8, 4) is 0 Å². The van der Waals surface area contributed by atoms with Crippen LogP contribution in [0.5, 0.6) is 0 Å². The Morgan fingerprint density at radius 2 is 1.80 bits per heavy atom. The van der Waals surface area contributed by atoms with Crippen LogP contribution in [-0.4, -0.2) is 55.2 Å². The van der Waals surface area contributed by atoms with Crippen LogP contribution < -0.4 is 5.32 Å². The molecule has 25 heavy (non-hydrogen) atoms. The molecule has 2 atom stereocenters. The summed E-state index contributed by atoms with van der Waals surface area (Å²) in [6.07, 6.45) is -0.432. The van der Waals surface area contributed by atoms with Gasteiger partial charge in [-0.15, -0.1) is 0 Å². The van der Waals surface area contributed by atoms with Crippen LogP contribution in [0.3, 0.4) is 0 Å². The first-order chi connectivity index (χ1) is 12.0. The second kappa shape index (κ2) is 9.53. The zero-order valence-corrected chi connectivity index (χ0v) is 15.2. The van der Waals surface area contributed by atoms with Crippen LogP contribution in [0.2, 0.25) is 0 Å². The number of carbonyl (C=O) groups is 2. The first-order valence-corrected chi connectivity index (χ1v) is 8.81. The van der Waals surface area contributed by atoms with Gasteiger partial charge in [-0.25, -0.2) is 0 Å². The fourth-order valence-electron chi connectivity index (χ4n) is 2.58. The van der Waals surface area contributed by atoms with E-state index in [0.29, 0.717) is 32.9 Å². The highest BCUT2D eigenvalue weighted by Gasteiger charge is 2.32. The monoisotopic (exact) mass is 348 g/mol. The van der Waals surface area contributed by atoms with Crippen LogP contribution in [0, 0.1) is 5.92 Å². The van der Waals surface area contributed by atoms with E-state index in [4.69, 9.17) is 9.47 Å². The lowest BCUT2D eigenvalue weighted by Crippen LogP contribution is -2.56. The Bertz CT molecular complexity index is 556. The molecule has 2 rings (SSSR count). The minimum atomic E-state index is -0.697. The minimum absolute atomic E-state index is 0.113. The Balaban J connectivity index is 2.03. The Labute approximate surface area is 149 Å². The van der Waals surface area contributed by atoms with Crippen LogP contribution in [0.4, 0.5) is 0 Å². The Hall–Kier alpha value is -1.92. The third kappa shape index (κ3) is 5.83. The second-order valence-electron chi connectivity index (χ2n) is 6.58. The van der Waals surface area contributed by atoms with E-state index in [0.717, 1.165) is 5.56 Å². The summed E-state index contributed by atoms with van der Waals surface area (Å²) < 4.78 is 11.2. The van der Waals surface area contributed by atoms with E-state index in [1.165, 1.54) is 0 Å². The van der Waals surface area contributed by atoms with Crippen LogP contribution >= 0.6 is 0 Å². The van der Waals surface area contributed by atoms with Crippen molar-refractivity contribution >= 4 is 11.8 Å². The summed E-state index contributed by atoms with van der Waals surface area (Å²) >= 11 is 0. The van der Waals surface area contributed by atoms with Gasteiger partial charge >= 0.3 is 0 Å². The number of morpholine rings is 1. The van der Waals surface area contributed by atoms with Gasteiger partial charge in [-0.3, -0.25) is 9.59 Å². The third-order valence-corrected chi connectivity index (χ3v) is 4.24. The van der Waals surface area contributed by atoms with Gasteiger partial charge in [-0.2, -0.15) is 0 Å². The van der Waals surface area contributed by atoms with Crippen molar-refractivity contribution in [2.75, 3.05) is 26.3 Å². The lowest BCUT2D eigenvalue weighted by molar-refractivity contribution is -0.145. The summed E-state index contributed by atoms with van der Waals surface area (Å²) in [5.41, 5.74) is 1.03. The van der Waals surface area contributed by atoms with Crippen molar-refractivity contribution in [1.29, 1.82) is 0 Å². The van der Waals surface area contributed by atoms with E-state index in [1.807, 2.05) is 37.3 Å². The normalized spacial score (nSPS) is 17.2. The van der Waals surface area contributed by atoms with Crippen molar-refractivity contribution in [1.82, 2.24) is 10.2 Å². The summed E-state index contributed by atoms with van der Waals surface area (Å²) in [5, 5.41) is 2.85. The predicted molar refractivity (Wildman–Crippen MR) is 94.9 cm³/mol. The van der Waals surface area contributed by atoms with Gasteiger partial charge in [0.25, 0.3) is 0 Å². The highest BCUT2D eigenvalue weighted by molar-refractivity contribution is 5.88. The molecule has 1 N–H and O–H groups in total. The molecule has 0 bridgehead atoms. The molecule has 1 fully saturated rings. The fraction of sp³-hybridized carbons (Fsp3) is 0.579. The molecule has 0 radical (unpaired) electrons. The van der Waals surface area contributed by atoms with Crippen molar-refractivity contribution in [3.63, 3.8) is 0 Å². The molecular weight excluding hydrogens is 320 g/mol. The molecule has 1 aliphatic heterocycles. The number of carbonyl (C=O) groups excluding carboxylic acids is 2. The number of rotatable bonds is 7. The molecule has 138 valence electrons. The van der Waals surface area contributed by atoms with Crippen LogP contribution in [0.15, 0.2) is 30.3 Å². The smallest absolute Gasteiger partial charge is 0.248 e. The molecule has 1 aromatic carbocycles. The molecule has 6 heteroatoms. The molecule has 0 aliphatic carbocycles. The SMILES string of the molecule is CC(C)C(=O)NC(C(=O)N1CCOCC1)C(C)OCc1ccccc1. The van der Waals surface area contributed by atoms with Gasteiger partial charge in [0.1, 0.15) is 6.04 Å². The van der Waals surface area contributed by atoms with Gasteiger partial charge in [-0.05, 0) is 12.5 Å². The zero-order chi connectivity index (χ0) is 18.2. The van der Waals surface area contributed by atoms with Crippen LogP contribution in [0.25, 0.3) is 0 Å². The van der Waals surface area contributed by atoms with E-state index in [2.05, 4.69) is 5.32 Å².